The van der Waals surface area contributed by atoms with Gasteiger partial charge in [-0.05, 0) is 30.2 Å². The van der Waals surface area contributed by atoms with E-state index in [2.05, 4.69) is 0 Å². The maximum atomic E-state index is 13.5. The molecule has 0 saturated carbocycles. The molecule has 0 aliphatic carbocycles. The highest BCUT2D eigenvalue weighted by Crippen LogP contribution is 2.36. The highest BCUT2D eigenvalue weighted by molar-refractivity contribution is 7.89. The summed E-state index contributed by atoms with van der Waals surface area (Å²) in [6, 6.07) is 25.4. The van der Waals surface area contributed by atoms with E-state index in [1.54, 1.807) is 24.3 Å². The third-order valence-electron chi connectivity index (χ3n) is 5.81. The van der Waals surface area contributed by atoms with Crippen molar-refractivity contribution in [1.29, 1.82) is 0 Å². The Hall–Kier alpha value is -2.51. The number of aliphatic hydroxyl groups is 1. The zero-order valence-corrected chi connectivity index (χ0v) is 18.3. The maximum absolute atomic E-state index is 13.5. The predicted molar refractivity (Wildman–Crippen MR) is 120 cm³/mol. The summed E-state index contributed by atoms with van der Waals surface area (Å²) >= 11 is 0. The molecule has 1 aliphatic heterocycles. The molecule has 0 radical (unpaired) electrons. The van der Waals surface area contributed by atoms with E-state index in [0.717, 1.165) is 16.7 Å². The Morgan fingerprint density at radius 2 is 1.55 bits per heavy atom. The summed E-state index contributed by atoms with van der Waals surface area (Å²) in [5.41, 5.74) is 2.91. The predicted octanol–water partition coefficient (Wildman–Crippen LogP) is 3.73. The molecule has 5 nitrogen and oxygen atoms in total. The van der Waals surface area contributed by atoms with Crippen LogP contribution in [0.3, 0.4) is 0 Å². The number of benzene rings is 3. The fourth-order valence-electron chi connectivity index (χ4n) is 4.05. The number of rotatable bonds is 7. The Morgan fingerprint density at radius 1 is 0.935 bits per heavy atom. The first-order valence-electron chi connectivity index (χ1n) is 10.4. The van der Waals surface area contributed by atoms with Crippen molar-refractivity contribution in [3.05, 3.63) is 102 Å². The van der Waals surface area contributed by atoms with E-state index in [9.17, 15) is 13.5 Å². The average molecular weight is 438 g/mol. The van der Waals surface area contributed by atoms with Gasteiger partial charge in [-0.2, -0.15) is 4.31 Å². The quantitative estimate of drug-likeness (QED) is 0.612. The van der Waals surface area contributed by atoms with Crippen LogP contribution in [0, 0.1) is 6.92 Å². The van der Waals surface area contributed by atoms with Gasteiger partial charge in [0.2, 0.25) is 10.0 Å². The summed E-state index contributed by atoms with van der Waals surface area (Å²) < 4.78 is 34.2. The molecule has 0 unspecified atom stereocenters. The zero-order chi connectivity index (χ0) is 21.8. The summed E-state index contributed by atoms with van der Waals surface area (Å²) in [6.07, 6.45) is -0.863. The zero-order valence-electron chi connectivity index (χ0n) is 17.5. The van der Waals surface area contributed by atoms with Crippen LogP contribution in [0.15, 0.2) is 89.8 Å². The summed E-state index contributed by atoms with van der Waals surface area (Å²) in [4.78, 5) is 0.229. The van der Waals surface area contributed by atoms with Gasteiger partial charge in [0.1, 0.15) is 0 Å². The highest BCUT2D eigenvalue weighted by Gasteiger charge is 2.47. The smallest absolute Gasteiger partial charge is 0.243 e. The first-order chi connectivity index (χ1) is 15.0. The van der Waals surface area contributed by atoms with E-state index in [0.29, 0.717) is 6.61 Å². The van der Waals surface area contributed by atoms with Crippen molar-refractivity contribution >= 4 is 10.0 Å². The first kappa shape index (κ1) is 21.7. The molecule has 3 aromatic rings. The molecule has 0 spiro atoms. The van der Waals surface area contributed by atoms with Gasteiger partial charge >= 0.3 is 0 Å². The van der Waals surface area contributed by atoms with Gasteiger partial charge in [-0.1, -0.05) is 78.4 Å². The molecule has 1 saturated heterocycles. The van der Waals surface area contributed by atoms with Crippen molar-refractivity contribution in [2.24, 2.45) is 0 Å². The van der Waals surface area contributed by atoms with Gasteiger partial charge < -0.3 is 9.84 Å². The van der Waals surface area contributed by atoms with Crippen LogP contribution in [0.5, 0.6) is 0 Å². The van der Waals surface area contributed by atoms with Gasteiger partial charge in [0.15, 0.2) is 0 Å². The second-order valence-corrected chi connectivity index (χ2v) is 9.85. The lowest BCUT2D eigenvalue weighted by atomic mass is 9.94. The number of nitrogens with zero attached hydrogens (tertiary/aromatic N) is 1. The van der Waals surface area contributed by atoms with Crippen LogP contribution >= 0.6 is 0 Å². The fourth-order valence-corrected chi connectivity index (χ4v) is 5.70. The monoisotopic (exact) mass is 437 g/mol. The van der Waals surface area contributed by atoms with Crippen LogP contribution in [0.4, 0.5) is 0 Å². The van der Waals surface area contributed by atoms with Crippen LogP contribution in [-0.4, -0.2) is 43.1 Å². The van der Waals surface area contributed by atoms with Gasteiger partial charge in [-0.25, -0.2) is 8.42 Å². The lowest BCUT2D eigenvalue weighted by Gasteiger charge is -2.25. The van der Waals surface area contributed by atoms with Gasteiger partial charge in [-0.15, -0.1) is 0 Å². The van der Waals surface area contributed by atoms with Crippen LogP contribution in [-0.2, 0) is 21.4 Å². The minimum Gasteiger partial charge on any atom is -0.391 e. The van der Waals surface area contributed by atoms with Crippen molar-refractivity contribution in [3.8, 4) is 0 Å². The number of aryl methyl sites for hydroxylation is 1. The van der Waals surface area contributed by atoms with Gasteiger partial charge in [0, 0.05) is 12.5 Å². The van der Waals surface area contributed by atoms with Crippen LogP contribution < -0.4 is 0 Å². The molecular formula is C25H27NO4S. The molecule has 31 heavy (non-hydrogen) atoms. The van der Waals surface area contributed by atoms with E-state index in [1.165, 1.54) is 4.31 Å². The first-order valence-corrected chi connectivity index (χ1v) is 11.8. The molecule has 1 heterocycles. The topological polar surface area (TPSA) is 66.8 Å². The number of aliphatic hydroxyl groups excluding tert-OH is 1. The van der Waals surface area contributed by atoms with E-state index in [4.69, 9.17) is 4.74 Å². The Kier molecular flexibility index (Phi) is 6.53. The van der Waals surface area contributed by atoms with E-state index in [1.807, 2.05) is 67.6 Å². The number of hydrogen-bond acceptors (Lipinski definition) is 4. The molecule has 3 aromatic carbocycles. The van der Waals surface area contributed by atoms with Crippen molar-refractivity contribution in [2.45, 2.75) is 36.5 Å². The number of hydrogen-bond donors (Lipinski definition) is 1. The lowest BCUT2D eigenvalue weighted by Crippen LogP contribution is -2.42. The molecule has 0 bridgehead atoms. The van der Waals surface area contributed by atoms with Crippen molar-refractivity contribution in [3.63, 3.8) is 0 Å². The normalized spacial score (nSPS) is 21.9. The summed E-state index contributed by atoms with van der Waals surface area (Å²) in [7, 11) is -3.78. The van der Waals surface area contributed by atoms with E-state index < -0.39 is 22.2 Å². The van der Waals surface area contributed by atoms with Gasteiger partial charge in [0.05, 0.1) is 30.3 Å². The summed E-state index contributed by atoms with van der Waals surface area (Å²) in [5, 5.41) is 11.1. The molecule has 1 aliphatic rings. The summed E-state index contributed by atoms with van der Waals surface area (Å²) in [5.74, 6) is -0.313. The molecule has 0 amide bonds. The van der Waals surface area contributed by atoms with E-state index in [-0.39, 0.29) is 24.0 Å². The lowest BCUT2D eigenvalue weighted by molar-refractivity contribution is 0.0393. The van der Waals surface area contributed by atoms with Gasteiger partial charge in [-0.3, -0.25) is 0 Å². The molecule has 1 fully saturated rings. The maximum Gasteiger partial charge on any atom is 0.243 e. The third kappa shape index (κ3) is 4.72. The molecule has 0 aromatic heterocycles. The van der Waals surface area contributed by atoms with Crippen LogP contribution in [0.1, 0.15) is 22.6 Å². The third-order valence-corrected chi connectivity index (χ3v) is 7.71. The minimum atomic E-state index is -3.78. The Labute approximate surface area is 184 Å². The SMILES string of the molecule is Cc1ccc(S(=O)(=O)N2C[C@H](c3ccccc3)[C@H](O)[C@H]2COCc2ccccc2)cc1. The summed E-state index contributed by atoms with van der Waals surface area (Å²) in [6.45, 7) is 2.60. The second kappa shape index (κ2) is 9.32. The fraction of sp³-hybridized carbons (Fsp3) is 0.280. The molecular weight excluding hydrogens is 410 g/mol. The van der Waals surface area contributed by atoms with Gasteiger partial charge in [0.25, 0.3) is 0 Å². The molecule has 1 N–H and O–H groups in total. The standard InChI is InChI=1S/C25H27NO4S/c1-19-12-14-22(15-13-19)31(28,29)26-16-23(21-10-6-3-7-11-21)25(27)24(26)18-30-17-20-8-4-2-5-9-20/h2-15,23-25,27H,16-18H2,1H3/t23-,24-,25+/m1/s1. The Bertz CT molecular complexity index is 1090. The van der Waals surface area contributed by atoms with Crippen LogP contribution in [0.2, 0.25) is 0 Å². The Balaban J connectivity index is 1.60. The Morgan fingerprint density at radius 3 is 2.19 bits per heavy atom. The number of sulfonamides is 1. The number of ether oxygens (including phenoxy) is 1. The molecule has 6 heteroatoms. The van der Waals surface area contributed by atoms with Crippen LogP contribution in [0.25, 0.3) is 0 Å². The molecule has 162 valence electrons. The highest BCUT2D eigenvalue weighted by atomic mass is 32.2. The second-order valence-electron chi connectivity index (χ2n) is 7.96. The molecule has 4 rings (SSSR count). The average Bonchev–Trinajstić information content (AvgIpc) is 3.12. The van der Waals surface area contributed by atoms with Crippen molar-refractivity contribution < 1.29 is 18.3 Å². The van der Waals surface area contributed by atoms with Crippen molar-refractivity contribution in [1.82, 2.24) is 4.31 Å². The van der Waals surface area contributed by atoms with E-state index >= 15 is 0 Å². The molecule has 3 atom stereocenters. The largest absolute Gasteiger partial charge is 0.391 e. The minimum absolute atomic E-state index is 0.116. The van der Waals surface area contributed by atoms with Crippen molar-refractivity contribution in [2.75, 3.05) is 13.2 Å².